The normalized spacial score (nSPS) is 19.7. The Labute approximate surface area is 320 Å². The van der Waals surface area contributed by atoms with Gasteiger partial charge in [-0.2, -0.15) is 0 Å². The van der Waals surface area contributed by atoms with Gasteiger partial charge < -0.3 is 24.8 Å². The van der Waals surface area contributed by atoms with Crippen molar-refractivity contribution in [1.82, 2.24) is 0 Å². The van der Waals surface area contributed by atoms with Crippen molar-refractivity contribution in [2.24, 2.45) is 11.3 Å². The molecule has 0 saturated heterocycles. The number of allylic oxidation sites excluding steroid dienone is 8. The summed E-state index contributed by atoms with van der Waals surface area (Å²) in [5.41, 5.74) is 18.1. The second-order valence-corrected chi connectivity index (χ2v) is 24.1. The van der Waals surface area contributed by atoms with Gasteiger partial charge in [-0.1, -0.05) is 0 Å². The van der Waals surface area contributed by atoms with Crippen LogP contribution in [0.4, 0.5) is 0 Å². The van der Waals surface area contributed by atoms with E-state index in [9.17, 15) is 0 Å². The maximum absolute atomic E-state index is 2.73. The van der Waals surface area contributed by atoms with Crippen molar-refractivity contribution in [2.45, 2.75) is 90.6 Å². The van der Waals surface area contributed by atoms with Crippen molar-refractivity contribution in [3.8, 4) is 11.1 Å². The summed E-state index contributed by atoms with van der Waals surface area (Å²) in [6, 6.07) is 26.7. The minimum absolute atomic E-state index is 0. The molecule has 50 heavy (non-hydrogen) atoms. The summed E-state index contributed by atoms with van der Waals surface area (Å²) in [6.45, 7) is 26.4. The predicted molar refractivity (Wildman–Crippen MR) is 206 cm³/mol. The second kappa shape index (κ2) is 12.5. The molecule has 0 radical (unpaired) electrons. The van der Waals surface area contributed by atoms with Crippen molar-refractivity contribution in [3.05, 3.63) is 139 Å². The zero-order valence-corrected chi connectivity index (χ0v) is 35.5. The van der Waals surface area contributed by atoms with Gasteiger partial charge >= 0.3 is 298 Å². The molecule has 1 atom stereocenters. The molecular weight excluding hydrogens is 727 g/mol. The summed E-state index contributed by atoms with van der Waals surface area (Å²) in [6.07, 6.45) is 10.3. The van der Waals surface area contributed by atoms with Gasteiger partial charge in [-0.15, -0.1) is 0 Å². The molecule has 8 rings (SSSR count). The molecule has 1 unspecified atom stereocenters. The van der Waals surface area contributed by atoms with E-state index in [1.165, 1.54) is 66.4 Å². The number of benzene rings is 4. The third-order valence-electron chi connectivity index (χ3n) is 12.0. The minimum atomic E-state index is -2.73. The van der Waals surface area contributed by atoms with Gasteiger partial charge in [0.2, 0.25) is 0 Å². The molecule has 0 saturated carbocycles. The molecule has 0 fully saturated rings. The van der Waals surface area contributed by atoms with Crippen LogP contribution in [0.15, 0.2) is 99.9 Å². The van der Waals surface area contributed by atoms with Crippen LogP contribution in [0.25, 0.3) is 33.0 Å². The van der Waals surface area contributed by atoms with Crippen LogP contribution >= 0.6 is 0 Å². The first kappa shape index (κ1) is 37.2. The summed E-state index contributed by atoms with van der Waals surface area (Å²) >= 11 is -2.73. The molecule has 4 aromatic rings. The van der Waals surface area contributed by atoms with E-state index in [1.807, 2.05) is 0 Å². The van der Waals surface area contributed by atoms with E-state index in [-0.39, 0.29) is 41.1 Å². The second-order valence-electron chi connectivity index (χ2n) is 17.4. The minimum Gasteiger partial charge on any atom is -1.00 e. The Hall–Kier alpha value is -2.57. The van der Waals surface area contributed by atoms with Gasteiger partial charge in [0.1, 0.15) is 0 Å². The third-order valence-corrected chi connectivity index (χ3v) is 20.6. The van der Waals surface area contributed by atoms with Crippen LogP contribution in [0.1, 0.15) is 119 Å². The van der Waals surface area contributed by atoms with E-state index in [0.717, 1.165) is 0 Å². The topological polar surface area (TPSA) is 0 Å². The first-order chi connectivity index (χ1) is 22.5. The molecule has 4 aromatic carbocycles. The summed E-state index contributed by atoms with van der Waals surface area (Å²) in [5.74, 6) is 0.459. The average molecular weight is 777 g/mol. The standard InChI is InChI=1S/C25H25.C12H10.C10H15.2ClH.Zr/c1-14-12-24(3,4)22-8-16-7-17-9-23-19(15(2)13-25(23,5)6)11-21(17)20(16)10-18(14)22;1-2-10-7-8-11-5-3-4-6-12(11)9-10;1-8-5-6-9(7-8)10(2,3)4;;;/h7-13H,1-6H3;3-9H,1H3;6-8H,1-4H3;2*1H;/q;;;;;+2/p-2. The summed E-state index contributed by atoms with van der Waals surface area (Å²) < 4.78 is 3.84. The zero-order valence-electron chi connectivity index (χ0n) is 31.6. The molecule has 0 aliphatic heterocycles. The fraction of sp³-hybridized carbons (Fsp3) is 0.340. The van der Waals surface area contributed by atoms with E-state index in [1.54, 1.807) is 17.6 Å². The molecule has 0 N–H and O–H groups in total. The molecule has 0 nitrogen and oxygen atoms in total. The molecule has 0 aromatic heterocycles. The van der Waals surface area contributed by atoms with E-state index in [0.29, 0.717) is 9.54 Å². The quantitative estimate of drug-likeness (QED) is 0.218. The number of fused-ring (bicyclic) bond motifs is 6. The van der Waals surface area contributed by atoms with Gasteiger partial charge in [0.15, 0.2) is 0 Å². The summed E-state index contributed by atoms with van der Waals surface area (Å²) in [5, 5.41) is 2.66. The summed E-state index contributed by atoms with van der Waals surface area (Å²) in [7, 11) is 0. The van der Waals surface area contributed by atoms with Gasteiger partial charge in [0, 0.05) is 0 Å². The number of rotatable bonds is 3. The fourth-order valence-corrected chi connectivity index (χ4v) is 18.4. The molecule has 256 valence electrons. The first-order valence-corrected chi connectivity index (χ1v) is 21.8. The Bertz CT molecular complexity index is 2170. The van der Waals surface area contributed by atoms with E-state index in [4.69, 9.17) is 0 Å². The molecule has 0 bridgehead atoms. The van der Waals surface area contributed by atoms with Crippen LogP contribution in [0.2, 0.25) is 0 Å². The van der Waals surface area contributed by atoms with Gasteiger partial charge in [-0.25, -0.2) is 0 Å². The molecule has 4 aliphatic carbocycles. The van der Waals surface area contributed by atoms with Gasteiger partial charge in [-0.3, -0.25) is 0 Å². The molecule has 0 amide bonds. The summed E-state index contributed by atoms with van der Waals surface area (Å²) in [4.78, 5) is 0. The number of halogens is 2. The maximum Gasteiger partial charge on any atom is -1.00 e. The zero-order chi connectivity index (χ0) is 34.1. The smallest absolute Gasteiger partial charge is 1.00 e. The Morgan fingerprint density at radius 1 is 0.680 bits per heavy atom. The average Bonchev–Trinajstić information content (AvgIpc) is 3.69. The Morgan fingerprint density at radius 2 is 1.20 bits per heavy atom. The SMILES string of the molecule is CC1=CC(C)(C)c2cc3c(cc21)-c1cc2c(cc1[CH]3/[Zr+2]([C]1=CC(C(C)(C)C)=CC1C)=[C](\C)c1ccc3ccccc3c1)C(C)(C)C=C2C.[Cl-].[Cl-]. The molecule has 0 spiro atoms. The Balaban J connectivity index is 0.00000216. The van der Waals surface area contributed by atoms with Crippen molar-refractivity contribution < 1.29 is 46.1 Å². The van der Waals surface area contributed by atoms with Crippen LogP contribution in [0, 0.1) is 11.3 Å². The Morgan fingerprint density at radius 3 is 1.70 bits per heavy atom. The number of hydrogen-bond donors (Lipinski definition) is 0. The van der Waals surface area contributed by atoms with Crippen LogP contribution in [-0.4, -0.2) is 3.21 Å². The largest absolute Gasteiger partial charge is 1.00 e. The molecule has 0 heterocycles. The van der Waals surface area contributed by atoms with Crippen molar-refractivity contribution >= 4 is 25.1 Å². The van der Waals surface area contributed by atoms with Gasteiger partial charge in [0.05, 0.1) is 0 Å². The molecular formula is C47H50Cl2Zr. The monoisotopic (exact) mass is 774 g/mol. The van der Waals surface area contributed by atoms with Crippen molar-refractivity contribution in [3.63, 3.8) is 0 Å². The van der Waals surface area contributed by atoms with E-state index >= 15 is 0 Å². The van der Waals surface area contributed by atoms with E-state index in [2.05, 4.69) is 167 Å². The van der Waals surface area contributed by atoms with E-state index < -0.39 is 21.3 Å². The molecule has 3 heteroatoms. The predicted octanol–water partition coefficient (Wildman–Crippen LogP) is 6.67. The van der Waals surface area contributed by atoms with Crippen molar-refractivity contribution in [1.29, 1.82) is 0 Å². The molecule has 4 aliphatic rings. The van der Waals surface area contributed by atoms with Crippen molar-refractivity contribution in [2.75, 3.05) is 0 Å². The van der Waals surface area contributed by atoms with Gasteiger partial charge in [0.25, 0.3) is 0 Å². The van der Waals surface area contributed by atoms with Crippen LogP contribution in [0.3, 0.4) is 0 Å². The third kappa shape index (κ3) is 5.70. The number of hydrogen-bond acceptors (Lipinski definition) is 0. The fourth-order valence-electron chi connectivity index (χ4n) is 9.44. The van der Waals surface area contributed by atoms with Crippen LogP contribution in [-0.2, 0) is 32.1 Å². The van der Waals surface area contributed by atoms with Gasteiger partial charge in [-0.05, 0) is 0 Å². The Kier molecular flexibility index (Phi) is 9.33. The van der Waals surface area contributed by atoms with Crippen LogP contribution in [0.5, 0.6) is 0 Å². The maximum atomic E-state index is 2.67. The first-order valence-electron chi connectivity index (χ1n) is 18.0. The van der Waals surface area contributed by atoms with Crippen LogP contribution < -0.4 is 24.8 Å².